The molecule has 0 heterocycles. The van der Waals surface area contributed by atoms with Crippen LogP contribution in [0.3, 0.4) is 0 Å². The Kier molecular flexibility index (Phi) is 6.62. The van der Waals surface area contributed by atoms with E-state index < -0.39 is 5.91 Å². The fourth-order valence-corrected chi connectivity index (χ4v) is 2.38. The van der Waals surface area contributed by atoms with Gasteiger partial charge in [0, 0.05) is 16.9 Å². The smallest absolute Gasteiger partial charge is 0.263 e. The average molecular weight is 354 g/mol. The topological polar surface area (TPSA) is 64.9 Å². The van der Waals surface area contributed by atoms with Crippen LogP contribution in [-0.4, -0.2) is 5.91 Å². The molecule has 4 nitrogen and oxygen atoms in total. The van der Waals surface area contributed by atoms with Gasteiger partial charge in [0.25, 0.3) is 5.91 Å². The van der Waals surface area contributed by atoms with Crippen molar-refractivity contribution in [1.29, 1.82) is 5.26 Å². The molecule has 5 heteroatoms. The molecular weight excluding hydrogens is 334 g/mol. The zero-order valence-electron chi connectivity index (χ0n) is 14.2. The van der Waals surface area contributed by atoms with Crippen LogP contribution in [0.25, 0.3) is 0 Å². The highest BCUT2D eigenvalue weighted by Gasteiger charge is 2.13. The van der Waals surface area contributed by atoms with Gasteiger partial charge < -0.3 is 10.6 Å². The first-order valence-corrected chi connectivity index (χ1v) is 8.43. The number of aryl methyl sites for hydroxylation is 1. The number of anilines is 1. The molecule has 0 aliphatic rings. The molecule has 0 saturated heterocycles. The number of hydrogen-bond acceptors (Lipinski definition) is 3. The third-order valence-corrected chi connectivity index (χ3v) is 4.08. The Balaban J connectivity index is 2.01. The largest absolute Gasteiger partial charge is 0.360 e. The number of nitrogens with zero attached hydrogens (tertiary/aromatic N) is 1. The van der Waals surface area contributed by atoms with Crippen LogP contribution in [0.15, 0.2) is 60.3 Å². The fraction of sp³-hybridized carbons (Fsp3) is 0.200. The van der Waals surface area contributed by atoms with Crippen molar-refractivity contribution in [1.82, 2.24) is 5.32 Å². The zero-order valence-corrected chi connectivity index (χ0v) is 15.0. The maximum atomic E-state index is 12.3. The van der Waals surface area contributed by atoms with Gasteiger partial charge in [0.2, 0.25) is 0 Å². The summed E-state index contributed by atoms with van der Waals surface area (Å²) in [7, 11) is 0. The summed E-state index contributed by atoms with van der Waals surface area (Å²) in [5.74, 6) is -0.420. The van der Waals surface area contributed by atoms with Crippen molar-refractivity contribution in [3.63, 3.8) is 0 Å². The Morgan fingerprint density at radius 2 is 1.84 bits per heavy atom. The third-order valence-electron chi connectivity index (χ3n) is 3.83. The van der Waals surface area contributed by atoms with E-state index >= 15 is 0 Å². The summed E-state index contributed by atoms with van der Waals surface area (Å²) >= 11 is 5.83. The summed E-state index contributed by atoms with van der Waals surface area (Å²) < 4.78 is 0. The normalized spacial score (nSPS) is 12.2. The van der Waals surface area contributed by atoms with E-state index in [-0.39, 0.29) is 11.6 Å². The molecule has 1 amide bonds. The van der Waals surface area contributed by atoms with E-state index in [2.05, 4.69) is 17.6 Å². The molecule has 1 unspecified atom stereocenters. The van der Waals surface area contributed by atoms with Crippen LogP contribution in [-0.2, 0) is 11.2 Å². The van der Waals surface area contributed by atoms with Gasteiger partial charge in [0.05, 0.1) is 6.04 Å². The first kappa shape index (κ1) is 18.6. The van der Waals surface area contributed by atoms with Gasteiger partial charge in [0.15, 0.2) is 0 Å². The van der Waals surface area contributed by atoms with Gasteiger partial charge in [-0.05, 0) is 48.7 Å². The molecule has 2 aromatic rings. The van der Waals surface area contributed by atoms with E-state index in [4.69, 9.17) is 11.6 Å². The van der Waals surface area contributed by atoms with Crippen molar-refractivity contribution in [3.8, 4) is 6.07 Å². The second-order valence-corrected chi connectivity index (χ2v) is 6.05. The van der Waals surface area contributed by atoms with Gasteiger partial charge in [-0.2, -0.15) is 5.26 Å². The van der Waals surface area contributed by atoms with Crippen molar-refractivity contribution < 1.29 is 4.79 Å². The van der Waals surface area contributed by atoms with E-state index in [1.54, 1.807) is 24.3 Å². The highest BCUT2D eigenvalue weighted by atomic mass is 35.5. The molecule has 0 aromatic heterocycles. The minimum absolute atomic E-state index is 0.00646. The van der Waals surface area contributed by atoms with Gasteiger partial charge in [-0.1, -0.05) is 42.8 Å². The molecule has 128 valence electrons. The summed E-state index contributed by atoms with van der Waals surface area (Å²) in [6.07, 6.45) is 2.37. The quantitative estimate of drug-likeness (QED) is 0.589. The van der Waals surface area contributed by atoms with E-state index in [1.807, 2.05) is 37.3 Å². The van der Waals surface area contributed by atoms with Crippen molar-refractivity contribution >= 4 is 23.2 Å². The van der Waals surface area contributed by atoms with Crippen LogP contribution in [0.4, 0.5) is 5.69 Å². The second kappa shape index (κ2) is 8.91. The maximum absolute atomic E-state index is 12.3. The number of rotatable bonds is 6. The first-order chi connectivity index (χ1) is 12.0. The van der Waals surface area contributed by atoms with E-state index in [9.17, 15) is 10.1 Å². The number of nitriles is 1. The number of nitrogens with one attached hydrogen (secondary N) is 2. The number of carbonyl (C=O) groups excluding carboxylic acids is 1. The molecule has 0 saturated carbocycles. The molecular formula is C20H20ClN3O. The molecule has 0 aliphatic carbocycles. The average Bonchev–Trinajstić information content (AvgIpc) is 2.63. The highest BCUT2D eigenvalue weighted by Crippen LogP contribution is 2.15. The SMILES string of the molecule is CCc1ccc(C(C)NC(=O)/C(C#N)=C\Nc2ccc(Cl)cc2)cc1. The van der Waals surface area contributed by atoms with Crippen LogP contribution in [0.5, 0.6) is 0 Å². The van der Waals surface area contributed by atoms with Gasteiger partial charge in [-0.3, -0.25) is 4.79 Å². The molecule has 0 bridgehead atoms. The summed E-state index contributed by atoms with van der Waals surface area (Å²) in [6.45, 7) is 3.98. The van der Waals surface area contributed by atoms with Crippen molar-refractivity contribution in [3.05, 3.63) is 76.5 Å². The van der Waals surface area contributed by atoms with Crippen LogP contribution in [0.2, 0.25) is 5.02 Å². The number of halogens is 1. The molecule has 0 radical (unpaired) electrons. The van der Waals surface area contributed by atoms with Crippen molar-refractivity contribution in [2.24, 2.45) is 0 Å². The van der Waals surface area contributed by atoms with E-state index in [0.717, 1.165) is 17.7 Å². The first-order valence-electron chi connectivity index (χ1n) is 8.05. The molecule has 0 spiro atoms. The molecule has 2 N–H and O–H groups in total. The Hall–Kier alpha value is -2.77. The lowest BCUT2D eigenvalue weighted by Gasteiger charge is -2.14. The standard InChI is InChI=1S/C20H20ClN3O/c1-3-15-4-6-16(7-5-15)14(2)24-20(25)17(12-22)13-23-19-10-8-18(21)9-11-19/h4-11,13-14,23H,3H2,1-2H3,(H,24,25)/b17-13-. The lowest BCUT2D eigenvalue weighted by Crippen LogP contribution is -2.28. The molecule has 0 fully saturated rings. The third kappa shape index (κ3) is 5.37. The van der Waals surface area contributed by atoms with Gasteiger partial charge >= 0.3 is 0 Å². The van der Waals surface area contributed by atoms with Gasteiger partial charge in [-0.15, -0.1) is 0 Å². The van der Waals surface area contributed by atoms with Crippen LogP contribution < -0.4 is 10.6 Å². The number of amides is 1. The fourth-order valence-electron chi connectivity index (χ4n) is 2.25. The lowest BCUT2D eigenvalue weighted by atomic mass is 10.0. The second-order valence-electron chi connectivity index (χ2n) is 5.61. The minimum Gasteiger partial charge on any atom is -0.360 e. The molecule has 1 atom stereocenters. The van der Waals surface area contributed by atoms with Gasteiger partial charge in [-0.25, -0.2) is 0 Å². The molecule has 25 heavy (non-hydrogen) atoms. The van der Waals surface area contributed by atoms with Crippen LogP contribution >= 0.6 is 11.6 Å². The zero-order chi connectivity index (χ0) is 18.2. The Bertz CT molecular complexity index is 789. The predicted molar refractivity (Wildman–Crippen MR) is 101 cm³/mol. The maximum Gasteiger partial charge on any atom is 0.263 e. The Labute approximate surface area is 153 Å². The van der Waals surface area contributed by atoms with E-state index in [1.165, 1.54) is 11.8 Å². The lowest BCUT2D eigenvalue weighted by molar-refractivity contribution is -0.117. The van der Waals surface area contributed by atoms with Gasteiger partial charge in [0.1, 0.15) is 11.6 Å². The van der Waals surface area contributed by atoms with Crippen molar-refractivity contribution in [2.75, 3.05) is 5.32 Å². The summed E-state index contributed by atoms with van der Waals surface area (Å²) in [4.78, 5) is 12.3. The number of hydrogen-bond donors (Lipinski definition) is 2. The van der Waals surface area contributed by atoms with E-state index in [0.29, 0.717) is 5.02 Å². The minimum atomic E-state index is -0.420. The van der Waals surface area contributed by atoms with Crippen molar-refractivity contribution in [2.45, 2.75) is 26.3 Å². The Morgan fingerprint density at radius 1 is 1.20 bits per heavy atom. The summed E-state index contributed by atoms with van der Waals surface area (Å²) in [6, 6.07) is 16.8. The summed E-state index contributed by atoms with van der Waals surface area (Å²) in [5, 5.41) is 15.6. The highest BCUT2D eigenvalue weighted by molar-refractivity contribution is 6.30. The Morgan fingerprint density at radius 3 is 2.40 bits per heavy atom. The van der Waals surface area contributed by atoms with Crippen LogP contribution in [0, 0.1) is 11.3 Å². The van der Waals surface area contributed by atoms with Crippen LogP contribution in [0.1, 0.15) is 31.0 Å². The number of benzene rings is 2. The summed E-state index contributed by atoms with van der Waals surface area (Å²) in [5.41, 5.74) is 2.99. The molecule has 2 rings (SSSR count). The molecule has 2 aromatic carbocycles. The monoisotopic (exact) mass is 353 g/mol. The molecule has 0 aliphatic heterocycles. The predicted octanol–water partition coefficient (Wildman–Crippen LogP) is 4.60. The number of carbonyl (C=O) groups is 1.